The Kier molecular flexibility index (Phi) is 0.677. The lowest BCUT2D eigenvalue weighted by atomic mass is 8.44. The van der Waals surface area contributed by atoms with Crippen LogP contribution in [0.4, 0.5) is 0 Å². The predicted octanol–water partition coefficient (Wildman–Crippen LogP) is 3.92. The summed E-state index contributed by atoms with van der Waals surface area (Å²) in [5.74, 6) is 20.3. The number of hydrogen-bond acceptors (Lipinski definition) is 0. The number of hydrogen-bond donors (Lipinski definition) is 0. The van der Waals surface area contributed by atoms with Crippen molar-refractivity contribution in [2.24, 2.45) is 175 Å². The number of rotatable bonds is 0. The molecule has 170 valence electrons. The Bertz CT molecular complexity index is 2050. The summed E-state index contributed by atoms with van der Waals surface area (Å²) in [5, 5.41) is 0. The van der Waals surface area contributed by atoms with Crippen LogP contribution in [0, 0.1) is 175 Å². The average molecular weight is 459 g/mol. The molecular weight excluding hydrogens is 432 g/mol. The molecule has 0 heteroatoms. The lowest BCUT2D eigenvalue weighted by Gasteiger charge is -3.58. The van der Waals surface area contributed by atoms with E-state index in [0.717, 1.165) is 86.6 Å². The second kappa shape index (κ2) is 1.92. The van der Waals surface area contributed by atoms with E-state index in [2.05, 4.69) is 6.92 Å². The van der Waals surface area contributed by atoms with Crippen molar-refractivity contribution < 1.29 is 0 Å². The van der Waals surface area contributed by atoms with Gasteiger partial charge >= 0.3 is 0 Å². The molecule has 15 spiro atoms. The zero-order valence-corrected chi connectivity index (χ0v) is 20.5. The summed E-state index contributed by atoms with van der Waals surface area (Å²) in [5.41, 5.74) is 17.3. The van der Waals surface area contributed by atoms with Gasteiger partial charge in [-0.25, -0.2) is 0 Å². The highest BCUT2D eigenvalue weighted by Gasteiger charge is 3.61. The minimum atomic E-state index is 0.962. The first kappa shape index (κ1) is 12.7. The Morgan fingerprint density at radius 2 is 0.639 bits per heavy atom. The van der Waals surface area contributed by atoms with Gasteiger partial charge in [-0.15, -0.1) is 0 Å². The number of fused-ring (bicyclic) bond motifs is 11. The zero-order chi connectivity index (χ0) is 20.5. The Balaban J connectivity index is 1.07. The van der Waals surface area contributed by atoms with Crippen LogP contribution in [-0.4, -0.2) is 0 Å². The smallest absolute Gasteiger partial charge is 0.000741 e. The Morgan fingerprint density at radius 3 is 1.14 bits per heavy atom. The van der Waals surface area contributed by atoms with E-state index in [1.54, 1.807) is 6.42 Å². The molecule has 0 aromatic rings. The van der Waals surface area contributed by atoms with Crippen LogP contribution in [0.2, 0.25) is 0 Å². The van der Waals surface area contributed by atoms with Gasteiger partial charge in [0.25, 0.3) is 0 Å². The molecular formula is C36H26. The van der Waals surface area contributed by atoms with Crippen molar-refractivity contribution in [2.45, 2.75) is 32.6 Å². The van der Waals surface area contributed by atoms with Gasteiger partial charge in [-0.05, 0) is 201 Å². The van der Waals surface area contributed by atoms with Crippen molar-refractivity contribution in [1.29, 1.82) is 0 Å². The van der Waals surface area contributed by atoms with E-state index in [1.165, 1.54) is 88.8 Å². The summed E-state index contributed by atoms with van der Waals surface area (Å²) in [6.07, 6.45) is 7.24. The standard InChI is InChI=1S/C36H26/c1-21-22-6-2-8(22)15-17-10-4-11-18-20-13-5-12-19-16-9-3-7-14(6)26(21)23(7,9)28(16)31(19)25(12,13)32(20)30(18)24(10,11)29(17)27(15,22)33(21)34(26,28)36(31,32)35(29,30)33/h6-20H,2-5H2,1H3. The second-order valence-electron chi connectivity index (χ2n) is 22.7. The van der Waals surface area contributed by atoms with E-state index in [4.69, 9.17) is 0 Å². The molecule has 0 nitrogen and oxygen atoms in total. The van der Waals surface area contributed by atoms with Crippen LogP contribution in [0.1, 0.15) is 32.6 Å². The normalized spacial score (nSPS) is 133. The maximum absolute atomic E-state index is 3.21. The van der Waals surface area contributed by atoms with E-state index >= 15 is 0 Å². The summed E-state index contributed by atoms with van der Waals surface area (Å²) in [6, 6.07) is 0. The van der Waals surface area contributed by atoms with Gasteiger partial charge in [0.1, 0.15) is 0 Å². The Morgan fingerprint density at radius 1 is 0.333 bits per heavy atom. The van der Waals surface area contributed by atoms with E-state index in [1.807, 2.05) is 19.3 Å². The molecule has 24 saturated carbocycles. The molecule has 0 bridgehead atoms. The molecule has 24 aliphatic carbocycles. The van der Waals surface area contributed by atoms with E-state index in [-0.39, 0.29) is 0 Å². The third-order valence-electron chi connectivity index (χ3n) is 30.0. The van der Waals surface area contributed by atoms with Gasteiger partial charge in [-0.2, -0.15) is 0 Å². The lowest BCUT2D eigenvalue weighted by molar-refractivity contribution is -1.13. The Labute approximate surface area is 207 Å². The maximum Gasteiger partial charge on any atom is -0.000741 e. The van der Waals surface area contributed by atoms with Crippen molar-refractivity contribution in [3.05, 3.63) is 0 Å². The van der Waals surface area contributed by atoms with Gasteiger partial charge in [-0.1, -0.05) is 6.92 Å². The van der Waals surface area contributed by atoms with Crippen LogP contribution >= 0.6 is 0 Å². The van der Waals surface area contributed by atoms with Gasteiger partial charge in [0.05, 0.1) is 0 Å². The highest BCUT2D eigenvalue weighted by Crippen LogP contribution is 3.62. The molecule has 24 fully saturated rings. The molecule has 0 saturated heterocycles. The fraction of sp³-hybridized carbons (Fsp3) is 1.00. The SMILES string of the molecule is CC12C34C5CC3C3C6CC7C8C9C%10CC%11C%12C%13C%14CC%15C%16C5C45C%164C%15%14C%13%14C%12%13C%10%11C9%10C89C67C31C91C25C4%14C%10%131. The molecule has 0 radical (unpaired) electrons. The fourth-order valence-corrected chi connectivity index (χ4v) is 37.5. The average Bonchev–Trinajstić information content (AvgIpc) is 2.85. The maximum atomic E-state index is 3.21. The summed E-state index contributed by atoms with van der Waals surface area (Å²) < 4.78 is 0. The topological polar surface area (TPSA) is 0 Å². The molecule has 36 heavy (non-hydrogen) atoms. The summed E-state index contributed by atoms with van der Waals surface area (Å²) in [4.78, 5) is 0. The van der Waals surface area contributed by atoms with Gasteiger partial charge < -0.3 is 0 Å². The van der Waals surface area contributed by atoms with Crippen molar-refractivity contribution in [3.8, 4) is 0 Å². The lowest BCUT2D eigenvalue weighted by Crippen LogP contribution is -3.57. The van der Waals surface area contributed by atoms with Gasteiger partial charge in [0.2, 0.25) is 0 Å². The minimum absolute atomic E-state index is 0.962. The minimum Gasteiger partial charge on any atom is -0.0579 e. The monoisotopic (exact) mass is 458 g/mol. The van der Waals surface area contributed by atoms with E-state index < -0.39 is 0 Å². The molecule has 0 amide bonds. The molecule has 0 aliphatic heterocycles. The summed E-state index contributed by atoms with van der Waals surface area (Å²) in [7, 11) is 0. The third kappa shape index (κ3) is 0.276. The first-order valence-corrected chi connectivity index (χ1v) is 17.8. The van der Waals surface area contributed by atoms with E-state index in [0.29, 0.717) is 0 Å². The molecule has 0 aromatic heterocycles. The fourth-order valence-electron chi connectivity index (χ4n) is 37.5. The Hall–Kier alpha value is 0. The van der Waals surface area contributed by atoms with Gasteiger partial charge in [0, 0.05) is 0 Å². The molecule has 31 atom stereocenters. The van der Waals surface area contributed by atoms with Crippen molar-refractivity contribution >= 4 is 0 Å². The first-order valence-electron chi connectivity index (χ1n) is 17.8. The largest absolute Gasteiger partial charge is 0.0579 e. The van der Waals surface area contributed by atoms with Crippen LogP contribution in [0.3, 0.4) is 0 Å². The molecule has 0 heterocycles. The van der Waals surface area contributed by atoms with Crippen LogP contribution in [0.25, 0.3) is 0 Å². The molecule has 31 unspecified atom stereocenters. The molecule has 24 rings (SSSR count). The van der Waals surface area contributed by atoms with E-state index in [9.17, 15) is 0 Å². The summed E-state index contributed by atoms with van der Waals surface area (Å²) >= 11 is 0. The van der Waals surface area contributed by atoms with Crippen molar-refractivity contribution in [2.75, 3.05) is 0 Å². The van der Waals surface area contributed by atoms with Gasteiger partial charge in [-0.3, -0.25) is 0 Å². The first-order chi connectivity index (χ1) is 17.8. The second-order valence-corrected chi connectivity index (χ2v) is 22.7. The third-order valence-corrected chi connectivity index (χ3v) is 30.0. The van der Waals surface area contributed by atoms with Crippen LogP contribution in [0.15, 0.2) is 0 Å². The van der Waals surface area contributed by atoms with Crippen LogP contribution in [0.5, 0.6) is 0 Å². The molecule has 0 N–H and O–H groups in total. The highest BCUT2D eigenvalue weighted by molar-refractivity contribution is 6.05. The molecule has 0 aromatic carbocycles. The predicted molar refractivity (Wildman–Crippen MR) is 115 cm³/mol. The van der Waals surface area contributed by atoms with Gasteiger partial charge in [0.15, 0.2) is 0 Å². The summed E-state index contributed by atoms with van der Waals surface area (Å²) in [6.45, 7) is 3.21. The zero-order valence-electron chi connectivity index (χ0n) is 20.5. The highest BCUT2D eigenvalue weighted by atomic mass is 15.6. The molecule has 24 aliphatic rings. The quantitative estimate of drug-likeness (QED) is 0.516. The van der Waals surface area contributed by atoms with Crippen LogP contribution < -0.4 is 0 Å². The van der Waals surface area contributed by atoms with Crippen molar-refractivity contribution in [3.63, 3.8) is 0 Å². The van der Waals surface area contributed by atoms with Crippen LogP contribution in [-0.2, 0) is 0 Å². The van der Waals surface area contributed by atoms with Crippen molar-refractivity contribution in [1.82, 2.24) is 0 Å².